The fourth-order valence-electron chi connectivity index (χ4n) is 2.17. The van der Waals surface area contributed by atoms with E-state index in [0.717, 1.165) is 13.0 Å². The molecule has 5 heteroatoms. The van der Waals surface area contributed by atoms with Crippen LogP contribution < -0.4 is 11.3 Å². The van der Waals surface area contributed by atoms with Gasteiger partial charge in [-0.25, -0.2) is 0 Å². The summed E-state index contributed by atoms with van der Waals surface area (Å²) in [5.74, 6) is 6.10. The first kappa shape index (κ1) is 15.1. The van der Waals surface area contributed by atoms with E-state index in [1.807, 2.05) is 17.8 Å². The van der Waals surface area contributed by atoms with E-state index in [2.05, 4.69) is 37.5 Å². The van der Waals surface area contributed by atoms with E-state index < -0.39 is 0 Å². The number of nitrogens with two attached hydrogens (primary N) is 1. The second kappa shape index (κ2) is 7.51. The Labute approximate surface area is 110 Å². The molecule has 0 radical (unpaired) electrons. The van der Waals surface area contributed by atoms with Gasteiger partial charge in [0.25, 0.3) is 0 Å². The number of aromatic nitrogens is 2. The van der Waals surface area contributed by atoms with Crippen molar-refractivity contribution < 1.29 is 4.74 Å². The molecule has 0 fully saturated rings. The lowest BCUT2D eigenvalue weighted by atomic mass is 9.95. The molecule has 0 aliphatic heterocycles. The van der Waals surface area contributed by atoms with Crippen LogP contribution in [0.5, 0.6) is 0 Å². The fourth-order valence-corrected chi connectivity index (χ4v) is 2.17. The Morgan fingerprint density at radius 2 is 2.17 bits per heavy atom. The van der Waals surface area contributed by atoms with E-state index in [4.69, 9.17) is 10.6 Å². The van der Waals surface area contributed by atoms with Crippen LogP contribution in [0.3, 0.4) is 0 Å². The molecule has 1 aromatic heterocycles. The van der Waals surface area contributed by atoms with Crippen LogP contribution >= 0.6 is 0 Å². The summed E-state index contributed by atoms with van der Waals surface area (Å²) >= 11 is 0. The van der Waals surface area contributed by atoms with Gasteiger partial charge in [0, 0.05) is 19.3 Å². The molecule has 0 aliphatic carbocycles. The number of hydrogen-bond acceptors (Lipinski definition) is 4. The van der Waals surface area contributed by atoms with Gasteiger partial charge in [-0.3, -0.25) is 16.0 Å². The second-order valence-corrected chi connectivity index (χ2v) is 4.85. The Hall–Kier alpha value is -0.910. The van der Waals surface area contributed by atoms with Crippen LogP contribution in [0.4, 0.5) is 0 Å². The predicted octanol–water partition coefficient (Wildman–Crippen LogP) is 1.34. The largest absolute Gasteiger partial charge is 0.377 e. The van der Waals surface area contributed by atoms with Crippen molar-refractivity contribution in [3.63, 3.8) is 0 Å². The van der Waals surface area contributed by atoms with Crippen LogP contribution in [-0.4, -0.2) is 28.5 Å². The molecule has 0 amide bonds. The van der Waals surface area contributed by atoms with Crippen LogP contribution in [0.2, 0.25) is 0 Å². The minimum absolute atomic E-state index is 0.111. The highest BCUT2D eigenvalue weighted by Gasteiger charge is 2.24. The van der Waals surface area contributed by atoms with Crippen molar-refractivity contribution in [1.29, 1.82) is 0 Å². The summed E-state index contributed by atoms with van der Waals surface area (Å²) in [7, 11) is 0. The van der Waals surface area contributed by atoms with E-state index in [9.17, 15) is 0 Å². The first-order valence-electron chi connectivity index (χ1n) is 6.71. The zero-order chi connectivity index (χ0) is 13.5. The van der Waals surface area contributed by atoms with E-state index >= 15 is 0 Å². The SMILES string of the molecule is CCOC(C(C)C)C(Cc1cnn(CC)c1)NN. The van der Waals surface area contributed by atoms with E-state index in [1.54, 1.807) is 0 Å². The highest BCUT2D eigenvalue weighted by atomic mass is 16.5. The number of nitrogens with one attached hydrogen (secondary N) is 1. The predicted molar refractivity (Wildman–Crippen MR) is 73.0 cm³/mol. The lowest BCUT2D eigenvalue weighted by molar-refractivity contribution is 0.00355. The van der Waals surface area contributed by atoms with Gasteiger partial charge in [0.2, 0.25) is 0 Å². The van der Waals surface area contributed by atoms with Crippen LogP contribution in [0.25, 0.3) is 0 Å². The van der Waals surface area contributed by atoms with E-state index in [1.165, 1.54) is 5.56 Å². The van der Waals surface area contributed by atoms with Crippen LogP contribution in [0.1, 0.15) is 33.3 Å². The third-order valence-corrected chi connectivity index (χ3v) is 3.09. The maximum atomic E-state index is 5.79. The summed E-state index contributed by atoms with van der Waals surface area (Å²) in [5.41, 5.74) is 4.07. The summed E-state index contributed by atoms with van der Waals surface area (Å²) in [6.07, 6.45) is 4.91. The number of aryl methyl sites for hydroxylation is 1. The first-order valence-corrected chi connectivity index (χ1v) is 6.71. The Kier molecular flexibility index (Phi) is 6.32. The molecule has 3 N–H and O–H groups in total. The molecule has 18 heavy (non-hydrogen) atoms. The number of hydrazine groups is 1. The molecule has 1 aromatic rings. The molecule has 1 heterocycles. The third-order valence-electron chi connectivity index (χ3n) is 3.09. The maximum Gasteiger partial charge on any atom is 0.0767 e. The third kappa shape index (κ3) is 4.08. The molecule has 0 aliphatic rings. The van der Waals surface area contributed by atoms with Crippen LogP contribution in [0, 0.1) is 5.92 Å². The molecule has 0 bridgehead atoms. The zero-order valence-electron chi connectivity index (χ0n) is 11.9. The average molecular weight is 254 g/mol. The monoisotopic (exact) mass is 254 g/mol. The van der Waals surface area contributed by atoms with Crippen molar-refractivity contribution in [3.05, 3.63) is 18.0 Å². The molecule has 104 valence electrons. The molecule has 2 atom stereocenters. The molecular weight excluding hydrogens is 228 g/mol. The molecular formula is C13H26N4O. The van der Waals surface area contributed by atoms with Gasteiger partial charge >= 0.3 is 0 Å². The summed E-state index contributed by atoms with van der Waals surface area (Å²) in [6, 6.07) is 0.111. The first-order chi connectivity index (χ1) is 8.62. The average Bonchev–Trinajstić information content (AvgIpc) is 2.81. The summed E-state index contributed by atoms with van der Waals surface area (Å²) in [6.45, 7) is 9.99. The number of rotatable bonds is 8. The summed E-state index contributed by atoms with van der Waals surface area (Å²) in [4.78, 5) is 0. The van der Waals surface area contributed by atoms with Gasteiger partial charge < -0.3 is 4.74 Å². The maximum absolute atomic E-state index is 5.79. The van der Waals surface area contributed by atoms with E-state index in [0.29, 0.717) is 12.5 Å². The zero-order valence-corrected chi connectivity index (χ0v) is 11.9. The van der Waals surface area contributed by atoms with Crippen LogP contribution in [0.15, 0.2) is 12.4 Å². The Balaban J connectivity index is 2.69. The normalized spacial score (nSPS) is 15.0. The second-order valence-electron chi connectivity index (χ2n) is 4.85. The minimum Gasteiger partial charge on any atom is -0.377 e. The van der Waals surface area contributed by atoms with Gasteiger partial charge in [0.1, 0.15) is 0 Å². The molecule has 0 saturated heterocycles. The smallest absolute Gasteiger partial charge is 0.0767 e. The molecule has 0 spiro atoms. The highest BCUT2D eigenvalue weighted by Crippen LogP contribution is 2.15. The van der Waals surface area contributed by atoms with Crippen molar-refractivity contribution in [1.82, 2.24) is 15.2 Å². The van der Waals surface area contributed by atoms with Gasteiger partial charge in [-0.2, -0.15) is 5.10 Å². The summed E-state index contributed by atoms with van der Waals surface area (Å²) < 4.78 is 7.72. The van der Waals surface area contributed by atoms with E-state index in [-0.39, 0.29) is 12.1 Å². The van der Waals surface area contributed by atoms with Gasteiger partial charge in [-0.15, -0.1) is 0 Å². The Morgan fingerprint density at radius 1 is 1.44 bits per heavy atom. The summed E-state index contributed by atoms with van der Waals surface area (Å²) in [5, 5.41) is 4.28. The topological polar surface area (TPSA) is 65.1 Å². The van der Waals surface area contributed by atoms with Crippen molar-refractivity contribution in [2.45, 2.75) is 52.8 Å². The van der Waals surface area contributed by atoms with Crippen molar-refractivity contribution >= 4 is 0 Å². The van der Waals surface area contributed by atoms with Gasteiger partial charge in [0.15, 0.2) is 0 Å². The molecule has 1 rings (SSSR count). The highest BCUT2D eigenvalue weighted by molar-refractivity contribution is 5.07. The van der Waals surface area contributed by atoms with Gasteiger partial charge in [-0.05, 0) is 31.7 Å². The minimum atomic E-state index is 0.111. The lowest BCUT2D eigenvalue weighted by Crippen LogP contribution is -2.48. The number of ether oxygens (including phenoxy) is 1. The van der Waals surface area contributed by atoms with Crippen molar-refractivity contribution in [3.8, 4) is 0 Å². The quantitative estimate of drug-likeness (QED) is 0.543. The molecule has 0 saturated carbocycles. The molecule has 0 aromatic carbocycles. The van der Waals surface area contributed by atoms with Gasteiger partial charge in [-0.1, -0.05) is 13.8 Å². The lowest BCUT2D eigenvalue weighted by Gasteiger charge is -2.29. The van der Waals surface area contributed by atoms with Crippen LogP contribution in [-0.2, 0) is 17.7 Å². The molecule has 2 unspecified atom stereocenters. The number of nitrogens with zero attached hydrogens (tertiary/aromatic N) is 2. The Morgan fingerprint density at radius 3 is 2.61 bits per heavy atom. The molecule has 5 nitrogen and oxygen atoms in total. The Bertz CT molecular complexity index is 337. The van der Waals surface area contributed by atoms with Crippen molar-refractivity contribution in [2.24, 2.45) is 11.8 Å². The standard InChI is InChI=1S/C13H26N4O/c1-5-17-9-11(8-15-17)7-12(16-14)13(10(3)4)18-6-2/h8-10,12-13,16H,5-7,14H2,1-4H3. The number of hydrogen-bond donors (Lipinski definition) is 2. The fraction of sp³-hybridized carbons (Fsp3) is 0.769. The van der Waals surface area contributed by atoms with Crippen molar-refractivity contribution in [2.75, 3.05) is 6.61 Å². The van der Waals surface area contributed by atoms with Gasteiger partial charge in [0.05, 0.1) is 18.3 Å².